The number of carboxylic acid groups (broad SMARTS) is 1. The Balaban J connectivity index is 2.23. The second kappa shape index (κ2) is 33.8. The van der Waals surface area contributed by atoms with Gasteiger partial charge in [-0.15, -0.1) is 0 Å². The summed E-state index contributed by atoms with van der Waals surface area (Å²) in [5, 5.41) is 37.6. The molecule has 2 rings (SSSR count). The number of aliphatic imine (C=N–C) groups is 1. The van der Waals surface area contributed by atoms with Crippen LogP contribution in [0.1, 0.15) is 89.7 Å². The maximum absolute atomic E-state index is 14.3. The van der Waals surface area contributed by atoms with E-state index >= 15 is 0 Å². The zero-order chi connectivity index (χ0) is 54.5. The van der Waals surface area contributed by atoms with Crippen LogP contribution in [-0.4, -0.2) is 178 Å². The molecule has 1 aliphatic rings. The first-order chi connectivity index (χ1) is 34.8. The number of H-pyrrole nitrogens is 1. The molecule has 29 heteroatoms. The Morgan fingerprint density at radius 2 is 1.48 bits per heavy atom. The summed E-state index contributed by atoms with van der Waals surface area (Å²) in [4.78, 5) is 132. The number of aliphatic carboxylic acids is 1. The van der Waals surface area contributed by atoms with E-state index in [1.54, 1.807) is 0 Å². The van der Waals surface area contributed by atoms with Gasteiger partial charge in [-0.05, 0) is 97.2 Å². The largest absolute Gasteiger partial charge is 0.477 e. The predicted octanol–water partition coefficient (Wildman–Crippen LogP) is -6.71. The first-order valence-corrected chi connectivity index (χ1v) is 24.4. The van der Waals surface area contributed by atoms with Gasteiger partial charge in [0, 0.05) is 37.9 Å². The summed E-state index contributed by atoms with van der Waals surface area (Å²) in [5.41, 5.74) is 39.1. The highest BCUT2D eigenvalue weighted by Crippen LogP contribution is 2.20. The van der Waals surface area contributed by atoms with Crippen molar-refractivity contribution in [2.75, 3.05) is 45.8 Å². The summed E-state index contributed by atoms with van der Waals surface area (Å²) in [5.74, 6) is -7.98. The van der Waals surface area contributed by atoms with Crippen molar-refractivity contribution < 1.29 is 53.4 Å². The van der Waals surface area contributed by atoms with Crippen molar-refractivity contribution >= 4 is 59.2 Å². The van der Waals surface area contributed by atoms with Crippen LogP contribution >= 0.6 is 0 Å². The lowest BCUT2D eigenvalue weighted by Gasteiger charge is -2.37. The van der Waals surface area contributed by atoms with E-state index in [9.17, 15) is 53.4 Å². The van der Waals surface area contributed by atoms with Gasteiger partial charge in [-0.3, -0.25) is 43.3 Å². The third kappa shape index (κ3) is 22.7. The van der Waals surface area contributed by atoms with Gasteiger partial charge in [0.2, 0.25) is 47.3 Å². The van der Waals surface area contributed by atoms with Gasteiger partial charge in [0.25, 0.3) is 0 Å². The average Bonchev–Trinajstić information content (AvgIpc) is 3.88. The molecule has 24 N–H and O–H groups in total. The lowest BCUT2D eigenvalue weighted by atomic mass is 9.98. The summed E-state index contributed by atoms with van der Waals surface area (Å²) in [6, 6.07) is -8.82. The molecule has 1 aromatic heterocycles. The molecular formula is C44H78N18O11. The molecule has 8 amide bonds. The molecule has 73 heavy (non-hydrogen) atoms. The highest BCUT2D eigenvalue weighted by Gasteiger charge is 2.38. The number of carbonyl (C=O) groups is 9. The second-order valence-corrected chi connectivity index (χ2v) is 17.4. The normalized spacial score (nSPS) is 16.5. The molecule has 1 aromatic rings. The number of nitrogens with two attached hydrogens (primary N) is 7. The molecule has 1 fully saturated rings. The third-order valence-electron chi connectivity index (χ3n) is 11.6. The van der Waals surface area contributed by atoms with Gasteiger partial charge < -0.3 is 97.5 Å². The number of likely N-dealkylation sites (tertiary alicyclic amines) is 1. The van der Waals surface area contributed by atoms with E-state index in [1.807, 2.05) is 0 Å². The molecule has 0 aliphatic carbocycles. The second-order valence-electron chi connectivity index (χ2n) is 17.4. The molecular weight excluding hydrogens is 957 g/mol. The summed E-state index contributed by atoms with van der Waals surface area (Å²) in [6.07, 6.45) is 6.25. The average molecular weight is 1040 g/mol. The van der Waals surface area contributed by atoms with E-state index in [2.05, 4.69) is 52.2 Å². The quantitative estimate of drug-likeness (QED) is 0.0132. The fraction of sp³-hybridized carbons (Fsp3) is 0.659. The zero-order valence-electron chi connectivity index (χ0n) is 41.4. The van der Waals surface area contributed by atoms with Crippen molar-refractivity contribution in [1.82, 2.24) is 52.1 Å². The van der Waals surface area contributed by atoms with Gasteiger partial charge in [-0.2, -0.15) is 0 Å². The van der Waals surface area contributed by atoms with E-state index in [-0.39, 0.29) is 77.1 Å². The number of rotatable bonds is 34. The van der Waals surface area contributed by atoms with Crippen molar-refractivity contribution in [2.24, 2.45) is 45.1 Å². The Labute approximate surface area is 423 Å². The number of piperidine rings is 1. The monoisotopic (exact) mass is 1030 g/mol. The number of nitrogens with zero attached hydrogens (tertiary/aromatic N) is 3. The number of aliphatic hydroxyl groups excluding tert-OH is 1. The molecule has 0 saturated carbocycles. The molecule has 2 heterocycles. The van der Waals surface area contributed by atoms with Gasteiger partial charge in [-0.1, -0.05) is 12.5 Å². The number of nitrogens with one attached hydrogen (secondary N) is 8. The Kier molecular flexibility index (Phi) is 28.8. The number of aliphatic hydroxyl groups is 1. The highest BCUT2D eigenvalue weighted by atomic mass is 16.4. The number of guanidine groups is 1. The molecule has 1 aliphatic heterocycles. The number of aromatic amines is 1. The van der Waals surface area contributed by atoms with Crippen LogP contribution in [0.2, 0.25) is 0 Å². The molecule has 0 aromatic carbocycles. The SMILES string of the molecule is C[C@H](NC(=O)[C@@H](NC(=O)[C@@H](N)CCCCN)[C@@H](O)CN)C(=O)NCC(=O)N[C@H](CCCN)C(=O)N1CCCC[C@H]1C(=O)N[C@@H](Cc1cnc[nH]1)C(=O)N[C@@H](CCCCN)C(=O)N/C(=C\CCN=C(N)N)C(=O)O. The van der Waals surface area contributed by atoms with Crippen molar-refractivity contribution in [3.05, 3.63) is 30.0 Å². The maximum Gasteiger partial charge on any atom is 0.352 e. The van der Waals surface area contributed by atoms with Crippen LogP contribution in [0.3, 0.4) is 0 Å². The standard InChI is InChI=1S/C44H78N18O11/c1-25(56-41(70)35(33(63)21-48)61-37(66)27(49)10-2-5-15-45)36(65)54-23-34(64)57-29(12-8-17-47)42(71)62-19-7-4-14-32(62)40(69)60-31(20-26-22-52-24-55-26)39(68)58-28(11-3-6-16-46)38(67)59-30(43(72)73)13-9-18-53-44(50)51/h13,22,24-25,27-29,31-33,35,63H,2-12,14-21,23,45-49H2,1H3,(H,52,55)(H,54,65)(H,56,70)(H,57,64)(H,58,68)(H,59,67)(H,60,69)(H,61,66)(H,72,73)(H4,50,51,53)/b30-13-/t25-,27-,28-,29+,31-,32-,33-,35-/m0/s1. The Morgan fingerprint density at radius 1 is 0.808 bits per heavy atom. The van der Waals surface area contributed by atoms with Crippen LogP contribution in [-0.2, 0) is 49.6 Å². The van der Waals surface area contributed by atoms with E-state index in [0.717, 1.165) is 0 Å². The minimum absolute atomic E-state index is 0.0425. The molecule has 0 bridgehead atoms. The Bertz CT molecular complexity index is 2020. The molecule has 0 spiro atoms. The highest BCUT2D eigenvalue weighted by molar-refractivity contribution is 5.99. The number of carboxylic acids is 1. The number of carbonyl (C=O) groups excluding carboxylic acids is 8. The van der Waals surface area contributed by atoms with E-state index in [4.69, 9.17) is 40.1 Å². The summed E-state index contributed by atoms with van der Waals surface area (Å²) in [6.45, 7) is 1.19. The van der Waals surface area contributed by atoms with Crippen molar-refractivity contribution in [2.45, 2.75) is 139 Å². The Hall–Kier alpha value is -6.79. The number of aromatic nitrogens is 2. The number of hydrogen-bond donors (Lipinski definition) is 17. The lowest BCUT2D eigenvalue weighted by Crippen LogP contribution is -2.61. The van der Waals surface area contributed by atoms with E-state index in [1.165, 1.54) is 30.4 Å². The molecule has 410 valence electrons. The number of imidazole rings is 1. The van der Waals surface area contributed by atoms with E-state index < -0.39 is 120 Å². The van der Waals surface area contributed by atoms with Crippen LogP contribution in [0.4, 0.5) is 0 Å². The van der Waals surface area contributed by atoms with Gasteiger partial charge >= 0.3 is 5.97 Å². The van der Waals surface area contributed by atoms with Crippen molar-refractivity contribution in [3.8, 4) is 0 Å². The maximum atomic E-state index is 14.3. The lowest BCUT2D eigenvalue weighted by molar-refractivity contribution is -0.146. The first kappa shape index (κ1) is 62.3. The minimum atomic E-state index is -1.56. The third-order valence-corrected chi connectivity index (χ3v) is 11.6. The van der Waals surface area contributed by atoms with Crippen molar-refractivity contribution in [3.63, 3.8) is 0 Å². The zero-order valence-corrected chi connectivity index (χ0v) is 41.4. The molecule has 0 unspecified atom stereocenters. The topological polar surface area (TPSA) is 505 Å². The predicted molar refractivity (Wildman–Crippen MR) is 266 cm³/mol. The molecule has 1 saturated heterocycles. The molecule has 29 nitrogen and oxygen atoms in total. The van der Waals surface area contributed by atoms with Gasteiger partial charge in [0.05, 0.1) is 25.0 Å². The Morgan fingerprint density at radius 3 is 2.10 bits per heavy atom. The van der Waals surface area contributed by atoms with Gasteiger partial charge in [-0.25, -0.2) is 9.78 Å². The fourth-order valence-electron chi connectivity index (χ4n) is 7.50. The molecule has 8 atom stereocenters. The summed E-state index contributed by atoms with van der Waals surface area (Å²) < 4.78 is 0. The van der Waals surface area contributed by atoms with Crippen LogP contribution < -0.4 is 77.4 Å². The molecule has 0 radical (unpaired) electrons. The van der Waals surface area contributed by atoms with Gasteiger partial charge in [0.15, 0.2) is 5.96 Å². The fourth-order valence-corrected chi connectivity index (χ4v) is 7.50. The smallest absolute Gasteiger partial charge is 0.352 e. The number of hydrogen-bond acceptors (Lipinski definition) is 17. The van der Waals surface area contributed by atoms with Crippen LogP contribution in [0.15, 0.2) is 29.3 Å². The number of amides is 8. The summed E-state index contributed by atoms with van der Waals surface area (Å²) in [7, 11) is 0. The van der Waals surface area contributed by atoms with Crippen LogP contribution in [0.5, 0.6) is 0 Å². The van der Waals surface area contributed by atoms with Gasteiger partial charge in [0.1, 0.15) is 41.9 Å². The van der Waals surface area contributed by atoms with Crippen molar-refractivity contribution in [1.29, 1.82) is 0 Å². The number of unbranched alkanes of at least 4 members (excludes halogenated alkanes) is 2. The minimum Gasteiger partial charge on any atom is -0.477 e. The van der Waals surface area contributed by atoms with E-state index in [0.29, 0.717) is 50.8 Å². The van der Waals surface area contributed by atoms with Crippen LogP contribution in [0.25, 0.3) is 0 Å². The first-order valence-electron chi connectivity index (χ1n) is 24.4. The van der Waals surface area contributed by atoms with Crippen LogP contribution in [0, 0.1) is 0 Å². The summed E-state index contributed by atoms with van der Waals surface area (Å²) >= 11 is 0.